The summed E-state index contributed by atoms with van der Waals surface area (Å²) in [6.07, 6.45) is 2.10. The standard InChI is InChI=1S/C11H16N4O3S/c1-15(9-4-5-19(17,18)7-9)10-3-2-8(6-13-10)11(12)14-16/h2-3,6,9,16H,4-5,7H2,1H3,(H2,12,14). The third-order valence-electron chi connectivity index (χ3n) is 3.27. The van der Waals surface area contributed by atoms with Crippen LogP contribution in [0.2, 0.25) is 0 Å². The maximum absolute atomic E-state index is 11.5. The molecule has 0 aliphatic carbocycles. The molecule has 3 N–H and O–H groups in total. The molecule has 8 heteroatoms. The SMILES string of the molecule is CN(c1ccc(/C(N)=N/O)cn1)C1CCS(=O)(=O)C1. The molecule has 1 fully saturated rings. The van der Waals surface area contributed by atoms with Crippen LogP contribution in [0, 0.1) is 0 Å². The molecule has 1 saturated heterocycles. The first-order valence-electron chi connectivity index (χ1n) is 5.80. The van der Waals surface area contributed by atoms with Gasteiger partial charge in [-0.25, -0.2) is 13.4 Å². The molecule has 0 bridgehead atoms. The number of anilines is 1. The molecule has 2 heterocycles. The van der Waals surface area contributed by atoms with Gasteiger partial charge in [0.1, 0.15) is 5.82 Å². The second-order valence-electron chi connectivity index (χ2n) is 4.56. The van der Waals surface area contributed by atoms with Crippen molar-refractivity contribution >= 4 is 21.5 Å². The number of oxime groups is 1. The van der Waals surface area contributed by atoms with E-state index in [0.717, 1.165) is 0 Å². The Morgan fingerprint density at radius 2 is 2.32 bits per heavy atom. The quantitative estimate of drug-likeness (QED) is 0.344. The van der Waals surface area contributed by atoms with Gasteiger partial charge in [-0.3, -0.25) is 0 Å². The van der Waals surface area contributed by atoms with Gasteiger partial charge in [-0.05, 0) is 18.6 Å². The predicted octanol–water partition coefficient (Wildman–Crippen LogP) is -0.201. The molecular formula is C11H16N4O3S. The minimum Gasteiger partial charge on any atom is -0.409 e. The fourth-order valence-electron chi connectivity index (χ4n) is 2.07. The van der Waals surface area contributed by atoms with Crippen LogP contribution in [0.5, 0.6) is 0 Å². The van der Waals surface area contributed by atoms with Crippen LogP contribution in [0.3, 0.4) is 0 Å². The first-order chi connectivity index (χ1) is 8.93. The summed E-state index contributed by atoms with van der Waals surface area (Å²) >= 11 is 0. The molecule has 0 saturated carbocycles. The Morgan fingerprint density at radius 1 is 1.58 bits per heavy atom. The Labute approximate surface area is 111 Å². The monoisotopic (exact) mass is 284 g/mol. The van der Waals surface area contributed by atoms with Gasteiger partial charge in [-0.15, -0.1) is 0 Å². The first-order valence-corrected chi connectivity index (χ1v) is 7.62. The lowest BCUT2D eigenvalue weighted by atomic mass is 10.2. The van der Waals surface area contributed by atoms with Gasteiger partial charge in [-0.1, -0.05) is 5.16 Å². The van der Waals surface area contributed by atoms with Crippen molar-refractivity contribution in [3.8, 4) is 0 Å². The van der Waals surface area contributed by atoms with Gasteiger partial charge in [-0.2, -0.15) is 0 Å². The van der Waals surface area contributed by atoms with Crippen LogP contribution >= 0.6 is 0 Å². The zero-order valence-electron chi connectivity index (χ0n) is 10.5. The van der Waals surface area contributed by atoms with Gasteiger partial charge in [0.2, 0.25) is 0 Å². The van der Waals surface area contributed by atoms with E-state index in [9.17, 15) is 8.42 Å². The Hall–Kier alpha value is -1.83. The van der Waals surface area contributed by atoms with Gasteiger partial charge in [0.05, 0.1) is 11.5 Å². The number of sulfone groups is 1. The predicted molar refractivity (Wildman–Crippen MR) is 72.2 cm³/mol. The maximum Gasteiger partial charge on any atom is 0.171 e. The van der Waals surface area contributed by atoms with Crippen molar-refractivity contribution in [2.45, 2.75) is 12.5 Å². The van der Waals surface area contributed by atoms with Crippen LogP contribution in [0.4, 0.5) is 5.82 Å². The molecule has 1 aromatic heterocycles. The third kappa shape index (κ3) is 2.95. The highest BCUT2D eigenvalue weighted by Crippen LogP contribution is 2.21. The largest absolute Gasteiger partial charge is 0.409 e. The number of amidine groups is 1. The van der Waals surface area contributed by atoms with E-state index in [1.807, 2.05) is 11.9 Å². The Kier molecular flexibility index (Phi) is 3.61. The van der Waals surface area contributed by atoms with Crippen molar-refractivity contribution in [3.63, 3.8) is 0 Å². The second kappa shape index (κ2) is 5.04. The number of pyridine rings is 1. The van der Waals surface area contributed by atoms with E-state index >= 15 is 0 Å². The lowest BCUT2D eigenvalue weighted by molar-refractivity contribution is 0.318. The van der Waals surface area contributed by atoms with E-state index in [0.29, 0.717) is 17.8 Å². The fraction of sp³-hybridized carbons (Fsp3) is 0.455. The highest BCUT2D eigenvalue weighted by molar-refractivity contribution is 7.91. The molecule has 0 aromatic carbocycles. The van der Waals surface area contributed by atoms with Gasteiger partial charge < -0.3 is 15.8 Å². The van der Waals surface area contributed by atoms with Crippen molar-refractivity contribution in [1.82, 2.24) is 4.98 Å². The molecule has 0 radical (unpaired) electrons. The molecule has 2 rings (SSSR count). The van der Waals surface area contributed by atoms with E-state index in [-0.39, 0.29) is 23.4 Å². The normalized spacial score (nSPS) is 22.4. The smallest absolute Gasteiger partial charge is 0.171 e. The van der Waals surface area contributed by atoms with Gasteiger partial charge >= 0.3 is 0 Å². The molecule has 1 unspecified atom stereocenters. The molecule has 19 heavy (non-hydrogen) atoms. The second-order valence-corrected chi connectivity index (χ2v) is 6.79. The first kappa shape index (κ1) is 13.6. The average Bonchev–Trinajstić information content (AvgIpc) is 2.77. The lowest BCUT2D eigenvalue weighted by Crippen LogP contribution is -2.33. The topological polar surface area (TPSA) is 109 Å². The molecule has 104 valence electrons. The lowest BCUT2D eigenvalue weighted by Gasteiger charge is -2.24. The number of nitrogens with zero attached hydrogens (tertiary/aromatic N) is 3. The number of hydrogen-bond donors (Lipinski definition) is 2. The van der Waals surface area contributed by atoms with Crippen molar-refractivity contribution in [2.24, 2.45) is 10.9 Å². The summed E-state index contributed by atoms with van der Waals surface area (Å²) in [5.74, 6) is 1.04. The Balaban J connectivity index is 2.14. The Morgan fingerprint density at radius 3 is 2.79 bits per heavy atom. The number of hydrogen-bond acceptors (Lipinski definition) is 6. The molecular weight excluding hydrogens is 268 g/mol. The zero-order chi connectivity index (χ0) is 14.0. The number of nitrogens with two attached hydrogens (primary N) is 1. The summed E-state index contributed by atoms with van der Waals surface area (Å²) in [6, 6.07) is 3.35. The fourth-order valence-corrected chi connectivity index (χ4v) is 3.85. The molecule has 0 amide bonds. The molecule has 1 aliphatic heterocycles. The molecule has 7 nitrogen and oxygen atoms in total. The molecule has 0 spiro atoms. The van der Waals surface area contributed by atoms with E-state index < -0.39 is 9.84 Å². The molecule has 1 aromatic rings. The minimum absolute atomic E-state index is 0.00912. The summed E-state index contributed by atoms with van der Waals surface area (Å²) in [5.41, 5.74) is 5.96. The van der Waals surface area contributed by atoms with E-state index in [1.54, 1.807) is 12.1 Å². The van der Waals surface area contributed by atoms with E-state index in [4.69, 9.17) is 10.9 Å². The Bertz CT molecular complexity index is 582. The van der Waals surface area contributed by atoms with Crippen molar-refractivity contribution < 1.29 is 13.6 Å². The number of rotatable bonds is 3. The average molecular weight is 284 g/mol. The van der Waals surface area contributed by atoms with E-state index in [1.165, 1.54) is 6.20 Å². The third-order valence-corrected chi connectivity index (χ3v) is 5.02. The van der Waals surface area contributed by atoms with Crippen molar-refractivity contribution in [3.05, 3.63) is 23.9 Å². The summed E-state index contributed by atoms with van der Waals surface area (Å²) < 4.78 is 22.9. The summed E-state index contributed by atoms with van der Waals surface area (Å²) in [7, 11) is -1.10. The highest BCUT2D eigenvalue weighted by atomic mass is 32.2. The van der Waals surface area contributed by atoms with Gasteiger partial charge in [0.15, 0.2) is 15.7 Å². The minimum atomic E-state index is -2.92. The zero-order valence-corrected chi connectivity index (χ0v) is 11.3. The summed E-state index contributed by atoms with van der Waals surface area (Å²) in [6.45, 7) is 0. The van der Waals surface area contributed by atoms with Gasteiger partial charge in [0, 0.05) is 24.8 Å². The van der Waals surface area contributed by atoms with Crippen LogP contribution in [0.15, 0.2) is 23.5 Å². The van der Waals surface area contributed by atoms with Crippen LogP contribution < -0.4 is 10.6 Å². The summed E-state index contributed by atoms with van der Waals surface area (Å²) in [4.78, 5) is 6.05. The van der Waals surface area contributed by atoms with Crippen molar-refractivity contribution in [1.29, 1.82) is 0 Å². The van der Waals surface area contributed by atoms with Crippen molar-refractivity contribution in [2.75, 3.05) is 23.5 Å². The van der Waals surface area contributed by atoms with Crippen LogP contribution in [-0.2, 0) is 9.84 Å². The number of aromatic nitrogens is 1. The molecule has 1 atom stereocenters. The van der Waals surface area contributed by atoms with Crippen LogP contribution in [0.1, 0.15) is 12.0 Å². The maximum atomic E-state index is 11.5. The molecule has 1 aliphatic rings. The highest BCUT2D eigenvalue weighted by Gasteiger charge is 2.31. The summed E-state index contributed by atoms with van der Waals surface area (Å²) in [5, 5.41) is 11.4. The van der Waals surface area contributed by atoms with Gasteiger partial charge in [0.25, 0.3) is 0 Å². The van der Waals surface area contributed by atoms with Crippen LogP contribution in [0.25, 0.3) is 0 Å². The van der Waals surface area contributed by atoms with E-state index in [2.05, 4.69) is 10.1 Å². The van der Waals surface area contributed by atoms with Crippen LogP contribution in [-0.4, -0.2) is 49.0 Å².